The Balaban J connectivity index is 0.00000150. The van der Waals surface area contributed by atoms with Gasteiger partial charge in [-0.25, -0.2) is 4.79 Å². The number of esters is 1. The van der Waals surface area contributed by atoms with Crippen LogP contribution < -0.4 is 0 Å². The molecule has 5 nitrogen and oxygen atoms in total. The largest absolute Gasteiger partial charge is 0.465 e. The Labute approximate surface area is 185 Å². The highest BCUT2D eigenvalue weighted by Crippen LogP contribution is 2.31. The molecule has 0 atom stereocenters. The van der Waals surface area contributed by atoms with Gasteiger partial charge in [-0.3, -0.25) is 9.98 Å². The molecule has 0 radical (unpaired) electrons. The predicted octanol–water partition coefficient (Wildman–Crippen LogP) is 5.70. The normalized spacial score (nSPS) is 14.5. The summed E-state index contributed by atoms with van der Waals surface area (Å²) in [5, 5.41) is 1.86. The molecule has 3 aromatic rings. The van der Waals surface area contributed by atoms with Gasteiger partial charge >= 0.3 is 5.97 Å². The molecule has 8 heteroatoms. The minimum Gasteiger partial charge on any atom is -0.465 e. The molecule has 0 spiro atoms. The Kier molecular flexibility index (Phi) is 8.20. The van der Waals surface area contributed by atoms with E-state index < -0.39 is 0 Å². The number of pyridine rings is 1. The standard InChI is InChI=1S/C21H18N2O3S.2ClH/c1-25-21(24)20-17(8-11-27-20)18-7-6-16(26-18)12-14-4-3-10-23-19(14)15-5-2-9-22-13-15;;/h2,5-9,11-13H,3-4,10H2,1H3;2*1H. The fraction of sp³-hybridized carbons (Fsp3) is 0.190. The predicted molar refractivity (Wildman–Crippen MR) is 121 cm³/mol. The number of nitrogens with zero attached hydrogens (tertiary/aromatic N) is 2. The summed E-state index contributed by atoms with van der Waals surface area (Å²) in [7, 11) is 1.38. The van der Waals surface area contributed by atoms with Gasteiger partial charge in [0.2, 0.25) is 0 Å². The van der Waals surface area contributed by atoms with Crippen molar-refractivity contribution in [2.24, 2.45) is 4.99 Å². The number of methoxy groups -OCH3 is 1. The summed E-state index contributed by atoms with van der Waals surface area (Å²) in [5.41, 5.74) is 3.87. The van der Waals surface area contributed by atoms with E-state index in [-0.39, 0.29) is 30.8 Å². The molecule has 0 N–H and O–H groups in total. The maximum absolute atomic E-state index is 11.9. The number of allylic oxidation sites excluding steroid dienone is 1. The zero-order chi connectivity index (χ0) is 18.6. The summed E-state index contributed by atoms with van der Waals surface area (Å²) in [6.45, 7) is 0.822. The molecule has 0 saturated heterocycles. The summed E-state index contributed by atoms with van der Waals surface area (Å²) in [5.74, 6) is 1.04. The lowest BCUT2D eigenvalue weighted by Crippen LogP contribution is -2.11. The molecule has 0 fully saturated rings. The first kappa shape index (κ1) is 22.9. The number of furan rings is 1. The van der Waals surface area contributed by atoms with Gasteiger partial charge in [-0.05, 0) is 60.2 Å². The summed E-state index contributed by atoms with van der Waals surface area (Å²) < 4.78 is 10.8. The van der Waals surface area contributed by atoms with E-state index in [1.165, 1.54) is 18.4 Å². The molecule has 3 aromatic heterocycles. The number of thiophene rings is 1. The monoisotopic (exact) mass is 450 g/mol. The number of hydrogen-bond acceptors (Lipinski definition) is 6. The second-order valence-corrected chi connectivity index (χ2v) is 7.02. The van der Waals surface area contributed by atoms with Gasteiger partial charge in [0.25, 0.3) is 0 Å². The average Bonchev–Trinajstić information content (AvgIpc) is 3.38. The molecule has 4 rings (SSSR count). The number of carbonyl (C=O) groups excluding carboxylic acids is 1. The third-order valence-electron chi connectivity index (χ3n) is 4.36. The highest BCUT2D eigenvalue weighted by atomic mass is 35.5. The smallest absolute Gasteiger partial charge is 0.348 e. The molecule has 0 saturated carbocycles. The highest BCUT2D eigenvalue weighted by molar-refractivity contribution is 7.12. The topological polar surface area (TPSA) is 64.7 Å². The molecule has 152 valence electrons. The van der Waals surface area contributed by atoms with Crippen LogP contribution >= 0.6 is 36.2 Å². The zero-order valence-corrected chi connectivity index (χ0v) is 18.1. The van der Waals surface area contributed by atoms with E-state index in [2.05, 4.69) is 9.98 Å². The van der Waals surface area contributed by atoms with Crippen molar-refractivity contribution in [2.75, 3.05) is 13.7 Å². The van der Waals surface area contributed by atoms with Crippen molar-refractivity contribution in [1.82, 2.24) is 4.98 Å². The molecular formula is C21H20Cl2N2O3S. The molecule has 0 aromatic carbocycles. The van der Waals surface area contributed by atoms with Gasteiger partial charge in [-0.1, -0.05) is 0 Å². The molecular weight excluding hydrogens is 431 g/mol. The number of hydrogen-bond donors (Lipinski definition) is 0. The quantitative estimate of drug-likeness (QED) is 0.478. The van der Waals surface area contributed by atoms with Gasteiger partial charge in [-0.15, -0.1) is 36.2 Å². The first-order valence-electron chi connectivity index (χ1n) is 8.68. The number of halogens is 2. The summed E-state index contributed by atoms with van der Waals surface area (Å²) >= 11 is 1.34. The Morgan fingerprint density at radius 1 is 1.24 bits per heavy atom. The van der Waals surface area contributed by atoms with Crippen molar-refractivity contribution in [3.05, 3.63) is 69.9 Å². The van der Waals surface area contributed by atoms with Crippen molar-refractivity contribution in [3.8, 4) is 11.3 Å². The summed E-state index contributed by atoms with van der Waals surface area (Å²) in [6, 6.07) is 9.60. The third-order valence-corrected chi connectivity index (χ3v) is 5.25. The van der Waals surface area contributed by atoms with E-state index in [1.54, 1.807) is 6.20 Å². The molecule has 1 aliphatic rings. The highest BCUT2D eigenvalue weighted by Gasteiger charge is 2.18. The van der Waals surface area contributed by atoms with Crippen molar-refractivity contribution < 1.29 is 13.9 Å². The van der Waals surface area contributed by atoms with Crippen LogP contribution in [-0.2, 0) is 4.74 Å². The summed E-state index contributed by atoms with van der Waals surface area (Å²) in [4.78, 5) is 21.3. The molecule has 29 heavy (non-hydrogen) atoms. The van der Waals surface area contributed by atoms with Gasteiger partial charge in [0, 0.05) is 30.1 Å². The van der Waals surface area contributed by atoms with Gasteiger partial charge in [0.05, 0.1) is 12.8 Å². The second-order valence-electron chi connectivity index (χ2n) is 6.10. The van der Waals surface area contributed by atoms with Crippen LogP contribution in [0.5, 0.6) is 0 Å². The first-order chi connectivity index (χ1) is 13.3. The van der Waals surface area contributed by atoms with E-state index in [9.17, 15) is 4.79 Å². The lowest BCUT2D eigenvalue weighted by Gasteiger charge is -2.15. The van der Waals surface area contributed by atoms with Crippen molar-refractivity contribution in [1.29, 1.82) is 0 Å². The number of carbonyl (C=O) groups is 1. The SMILES string of the molecule is COC(=O)c1sccc1-c1ccc(C=C2CCCN=C2c2cccnc2)o1.Cl.Cl. The molecule has 4 heterocycles. The lowest BCUT2D eigenvalue weighted by molar-refractivity contribution is 0.0607. The third kappa shape index (κ3) is 4.96. The van der Waals surface area contributed by atoms with E-state index in [1.807, 2.05) is 48.0 Å². The minimum absolute atomic E-state index is 0. The molecule has 0 unspecified atom stereocenters. The van der Waals surface area contributed by atoms with E-state index in [4.69, 9.17) is 9.15 Å². The maximum Gasteiger partial charge on any atom is 0.348 e. The van der Waals surface area contributed by atoms with Crippen molar-refractivity contribution in [2.45, 2.75) is 12.8 Å². The number of rotatable bonds is 4. The molecule has 0 bridgehead atoms. The summed E-state index contributed by atoms with van der Waals surface area (Å²) in [6.07, 6.45) is 7.57. The second kappa shape index (κ2) is 10.4. The van der Waals surface area contributed by atoms with Gasteiger partial charge < -0.3 is 9.15 Å². The molecule has 1 aliphatic heterocycles. The van der Waals surface area contributed by atoms with Gasteiger partial charge in [0.1, 0.15) is 16.4 Å². The Morgan fingerprint density at radius 3 is 2.86 bits per heavy atom. The van der Waals surface area contributed by atoms with E-state index in [0.717, 1.165) is 47.6 Å². The number of ether oxygens (including phenoxy) is 1. The Bertz CT molecular complexity index is 1030. The van der Waals surface area contributed by atoms with Crippen LogP contribution in [0.1, 0.15) is 33.8 Å². The molecule has 0 amide bonds. The average molecular weight is 451 g/mol. The minimum atomic E-state index is -0.352. The van der Waals surface area contributed by atoms with Crippen LogP contribution in [0, 0.1) is 0 Å². The van der Waals surface area contributed by atoms with Crippen molar-refractivity contribution >= 4 is 53.9 Å². The van der Waals surface area contributed by atoms with Crippen LogP contribution in [0.2, 0.25) is 0 Å². The lowest BCUT2D eigenvalue weighted by atomic mass is 9.96. The first-order valence-corrected chi connectivity index (χ1v) is 9.56. The maximum atomic E-state index is 11.9. The molecule has 0 aliphatic carbocycles. The number of aromatic nitrogens is 1. The Hall–Kier alpha value is -2.41. The van der Waals surface area contributed by atoms with Gasteiger partial charge in [-0.2, -0.15) is 0 Å². The van der Waals surface area contributed by atoms with Crippen LogP contribution in [0.25, 0.3) is 17.4 Å². The van der Waals surface area contributed by atoms with Crippen LogP contribution in [0.3, 0.4) is 0 Å². The fourth-order valence-corrected chi connectivity index (χ4v) is 3.92. The van der Waals surface area contributed by atoms with Crippen LogP contribution in [-0.4, -0.2) is 30.3 Å². The van der Waals surface area contributed by atoms with Crippen LogP contribution in [0.4, 0.5) is 0 Å². The fourth-order valence-electron chi connectivity index (χ4n) is 3.10. The zero-order valence-electron chi connectivity index (χ0n) is 15.7. The van der Waals surface area contributed by atoms with E-state index >= 15 is 0 Å². The van der Waals surface area contributed by atoms with Crippen LogP contribution in [0.15, 0.2) is 63.1 Å². The Morgan fingerprint density at radius 2 is 2.10 bits per heavy atom. The van der Waals surface area contributed by atoms with Gasteiger partial charge in [0.15, 0.2) is 0 Å². The van der Waals surface area contributed by atoms with E-state index in [0.29, 0.717) is 10.6 Å². The number of aliphatic imine (C=N–C) groups is 1. The van der Waals surface area contributed by atoms with Crippen molar-refractivity contribution in [3.63, 3.8) is 0 Å².